The van der Waals surface area contributed by atoms with E-state index in [1.54, 1.807) is 12.3 Å². The first kappa shape index (κ1) is 19.5. The van der Waals surface area contributed by atoms with Gasteiger partial charge in [-0.2, -0.15) is 0 Å². The first-order valence-corrected chi connectivity index (χ1v) is 12.3. The molecule has 0 radical (unpaired) electrons. The van der Waals surface area contributed by atoms with E-state index in [1.807, 2.05) is 38.2 Å². The summed E-state index contributed by atoms with van der Waals surface area (Å²) < 4.78 is 19.9. The molecule has 0 aliphatic rings. The zero-order valence-corrected chi connectivity index (χ0v) is 21.0. The molecule has 0 saturated heterocycles. The maximum Gasteiger partial charge on any atom is 0.0704 e. The largest absolute Gasteiger partial charge is 0.256 e. The van der Waals surface area contributed by atoms with E-state index in [-0.39, 0.29) is 0 Å². The monoisotopic (exact) mass is 451 g/mol. The number of hydrogen-bond donors (Lipinski definition) is 0. The molecule has 0 aliphatic heterocycles. The zero-order valence-electron chi connectivity index (χ0n) is 22.2. The van der Waals surface area contributed by atoms with Gasteiger partial charge in [-0.1, -0.05) is 50.6 Å². The number of hydrogen-bond acceptors (Lipinski definition) is 2. The highest BCUT2D eigenvalue weighted by molar-refractivity contribution is 7.25. The Kier molecular flexibility index (Phi) is 4.79. The zero-order chi connectivity index (χ0) is 25.1. The minimum Gasteiger partial charge on any atom is -0.256 e. The second-order valence-corrected chi connectivity index (χ2v) is 11.2. The summed E-state index contributed by atoms with van der Waals surface area (Å²) in [5.41, 5.74) is 8.42. The lowest BCUT2D eigenvalue weighted by Gasteiger charge is -2.18. The van der Waals surface area contributed by atoms with Crippen molar-refractivity contribution < 1.29 is 2.74 Å². The van der Waals surface area contributed by atoms with Gasteiger partial charge in [-0.25, -0.2) is 0 Å². The molecule has 0 amide bonds. The van der Waals surface area contributed by atoms with E-state index in [9.17, 15) is 0 Å². The summed E-state index contributed by atoms with van der Waals surface area (Å²) >= 11 is 1.81. The number of benzene rings is 3. The molecule has 33 heavy (non-hydrogen) atoms. The van der Waals surface area contributed by atoms with Crippen molar-refractivity contribution in [3.8, 4) is 22.4 Å². The summed E-state index contributed by atoms with van der Waals surface area (Å²) in [5, 5.41) is 2.47. The van der Waals surface area contributed by atoms with Crippen molar-refractivity contribution in [1.82, 2.24) is 4.98 Å². The molecule has 2 heterocycles. The number of aryl methyl sites for hydroxylation is 3. The number of aromatic nitrogens is 1. The molecule has 5 aromatic rings. The van der Waals surface area contributed by atoms with Gasteiger partial charge < -0.3 is 0 Å². The summed E-state index contributed by atoms with van der Waals surface area (Å²) in [6.07, 6.45) is 0.272. The Labute approximate surface area is 203 Å². The molecule has 3 aromatic carbocycles. The molecule has 0 bridgehead atoms. The molecule has 0 aliphatic carbocycles. The lowest BCUT2D eigenvalue weighted by atomic mass is 9.88. The van der Waals surface area contributed by atoms with Crippen LogP contribution in [0.1, 0.15) is 45.8 Å². The summed E-state index contributed by atoms with van der Waals surface area (Å²) in [7, 11) is 0. The second kappa shape index (κ2) is 8.11. The average molecular weight is 452 g/mol. The Morgan fingerprint density at radius 1 is 0.788 bits per heavy atom. The van der Waals surface area contributed by atoms with E-state index in [0.29, 0.717) is 5.56 Å². The molecular formula is C31H31NS. The first-order chi connectivity index (χ1) is 16.5. The fourth-order valence-corrected chi connectivity index (χ4v) is 5.89. The van der Waals surface area contributed by atoms with Gasteiger partial charge in [-0.3, -0.25) is 4.98 Å². The predicted molar refractivity (Wildman–Crippen MR) is 145 cm³/mol. The third-order valence-electron chi connectivity index (χ3n) is 6.01. The molecular weight excluding hydrogens is 418 g/mol. The van der Waals surface area contributed by atoms with Gasteiger partial charge in [0, 0.05) is 34.7 Å². The number of rotatable bonds is 3. The molecule has 1 nitrogen and oxygen atoms in total. The van der Waals surface area contributed by atoms with E-state index >= 15 is 0 Å². The summed E-state index contributed by atoms with van der Waals surface area (Å²) in [4.78, 5) is 4.61. The standard InChI is InChI=1S/C31H31NS/c1-19-13-20(2)30(21(3)14-19)24-8-10-29-26(17-24)25-16-23(7-9-28(25)33-29)27-15-22(11-12-32-27)18-31(4,5)6/h7-17H,18H2,1-6H3/i18D2. The van der Waals surface area contributed by atoms with Crippen molar-refractivity contribution in [2.45, 2.75) is 47.9 Å². The molecule has 2 heteroatoms. The van der Waals surface area contributed by atoms with Crippen LogP contribution < -0.4 is 0 Å². The fourth-order valence-electron chi connectivity index (χ4n) is 4.83. The van der Waals surface area contributed by atoms with Crippen LogP contribution in [0.2, 0.25) is 0 Å². The van der Waals surface area contributed by atoms with Gasteiger partial charge in [-0.05, 0) is 96.8 Å². The van der Waals surface area contributed by atoms with Gasteiger partial charge in [0.15, 0.2) is 0 Å². The van der Waals surface area contributed by atoms with Crippen LogP contribution in [0, 0.1) is 26.2 Å². The molecule has 166 valence electrons. The van der Waals surface area contributed by atoms with E-state index in [4.69, 9.17) is 2.74 Å². The van der Waals surface area contributed by atoms with Crippen molar-refractivity contribution in [3.05, 3.63) is 89.1 Å². The molecule has 0 saturated carbocycles. The van der Waals surface area contributed by atoms with Crippen molar-refractivity contribution in [2.75, 3.05) is 0 Å². The summed E-state index contributed by atoms with van der Waals surface area (Å²) in [6, 6.07) is 21.5. The van der Waals surface area contributed by atoms with Crippen LogP contribution >= 0.6 is 11.3 Å². The lowest BCUT2D eigenvalue weighted by molar-refractivity contribution is 0.411. The second-order valence-electron chi connectivity index (χ2n) is 10.1. The molecule has 0 atom stereocenters. The van der Waals surface area contributed by atoms with Gasteiger partial charge in [0.25, 0.3) is 0 Å². The van der Waals surface area contributed by atoms with Crippen LogP contribution in [0.4, 0.5) is 0 Å². The first-order valence-electron chi connectivity index (χ1n) is 12.5. The average Bonchev–Trinajstić information content (AvgIpc) is 3.15. The van der Waals surface area contributed by atoms with Gasteiger partial charge in [0.1, 0.15) is 0 Å². The lowest BCUT2D eigenvalue weighted by Crippen LogP contribution is -2.09. The minimum absolute atomic E-state index is 0.512. The number of thiophene rings is 1. The van der Waals surface area contributed by atoms with Crippen LogP contribution in [-0.4, -0.2) is 4.98 Å². The highest BCUT2D eigenvalue weighted by Crippen LogP contribution is 2.39. The van der Waals surface area contributed by atoms with E-state index < -0.39 is 11.8 Å². The van der Waals surface area contributed by atoms with Gasteiger partial charge in [0.2, 0.25) is 0 Å². The highest BCUT2D eigenvalue weighted by atomic mass is 32.1. The smallest absolute Gasteiger partial charge is 0.0704 e. The van der Waals surface area contributed by atoms with Gasteiger partial charge in [-0.15, -0.1) is 11.3 Å². The molecule has 0 fully saturated rings. The minimum atomic E-state index is -1.46. The Balaban J connectivity index is 1.65. The Morgan fingerprint density at radius 3 is 2.03 bits per heavy atom. The quantitative estimate of drug-likeness (QED) is 0.266. The summed E-state index contributed by atoms with van der Waals surface area (Å²) in [6.45, 7) is 12.3. The van der Waals surface area contributed by atoms with Crippen LogP contribution in [0.15, 0.2) is 66.9 Å². The maximum atomic E-state index is 8.69. The third-order valence-corrected chi connectivity index (χ3v) is 7.16. The molecule has 0 N–H and O–H groups in total. The Bertz CT molecular complexity index is 1560. The van der Waals surface area contributed by atoms with Crippen molar-refractivity contribution in [2.24, 2.45) is 5.41 Å². The molecule has 0 spiro atoms. The van der Waals surface area contributed by atoms with E-state index in [0.717, 1.165) is 11.3 Å². The van der Waals surface area contributed by atoms with E-state index in [2.05, 4.69) is 74.3 Å². The topological polar surface area (TPSA) is 12.9 Å². The fraction of sp³-hybridized carbons (Fsp3) is 0.258. The molecule has 0 unspecified atom stereocenters. The third kappa shape index (κ3) is 4.32. The Morgan fingerprint density at radius 2 is 1.39 bits per heavy atom. The van der Waals surface area contributed by atoms with Crippen molar-refractivity contribution in [1.29, 1.82) is 0 Å². The van der Waals surface area contributed by atoms with Crippen LogP contribution in [0.25, 0.3) is 42.6 Å². The number of nitrogens with zero attached hydrogens (tertiary/aromatic N) is 1. The summed E-state index contributed by atoms with van der Waals surface area (Å²) in [5.74, 6) is 0. The van der Waals surface area contributed by atoms with Crippen LogP contribution in [-0.2, 0) is 6.37 Å². The number of pyridine rings is 1. The number of fused-ring (bicyclic) bond motifs is 3. The normalized spacial score (nSPS) is 13.4. The molecule has 5 rings (SSSR count). The van der Waals surface area contributed by atoms with Gasteiger partial charge in [0.05, 0.1) is 5.69 Å². The Hall–Kier alpha value is -2.97. The molecule has 2 aromatic heterocycles. The van der Waals surface area contributed by atoms with Crippen molar-refractivity contribution >= 4 is 31.5 Å². The van der Waals surface area contributed by atoms with Crippen LogP contribution in [0.3, 0.4) is 0 Å². The van der Waals surface area contributed by atoms with Crippen LogP contribution in [0.5, 0.6) is 0 Å². The predicted octanol–water partition coefficient (Wildman–Crippen LogP) is 9.30. The SMILES string of the molecule is [2H]C([2H])(c1ccnc(-c2ccc3sc4ccc(-c5c(C)cc(C)cc5C)cc4c3c2)c1)C(C)(C)C. The maximum absolute atomic E-state index is 8.69. The van der Waals surface area contributed by atoms with Gasteiger partial charge >= 0.3 is 0 Å². The van der Waals surface area contributed by atoms with E-state index in [1.165, 1.54) is 48.0 Å². The van der Waals surface area contributed by atoms with Crippen molar-refractivity contribution in [3.63, 3.8) is 0 Å². The highest BCUT2D eigenvalue weighted by Gasteiger charge is 2.14.